The van der Waals surface area contributed by atoms with Crippen LogP contribution >= 0.6 is 12.2 Å². The van der Waals surface area contributed by atoms with Crippen molar-refractivity contribution in [3.63, 3.8) is 0 Å². The lowest BCUT2D eigenvalue weighted by Crippen LogP contribution is -2.46. The molecule has 0 aromatic carbocycles. The van der Waals surface area contributed by atoms with Gasteiger partial charge in [0.05, 0.1) is 0 Å². The van der Waals surface area contributed by atoms with E-state index in [1.54, 1.807) is 12.3 Å². The molecule has 98 valence electrons. The Kier molecular flexibility index (Phi) is 3.80. The Morgan fingerprint density at radius 3 is 2.83 bits per heavy atom. The lowest BCUT2D eigenvalue weighted by molar-refractivity contribution is 0.294. The normalized spacial score (nSPS) is 28.2. The van der Waals surface area contributed by atoms with Gasteiger partial charge in [0.2, 0.25) is 5.95 Å². The molecule has 0 radical (unpaired) electrons. The minimum absolute atomic E-state index is 0.324. The number of hydrogen-bond donors (Lipinski definition) is 1. The number of piperidine rings is 1. The van der Waals surface area contributed by atoms with Gasteiger partial charge in [-0.15, -0.1) is 0 Å². The van der Waals surface area contributed by atoms with E-state index < -0.39 is 0 Å². The SMILES string of the molecule is CC1CC(C)C(C)N(c2nccc(C(N)=S)n2)C1. The predicted octanol–water partition coefficient (Wildman–Crippen LogP) is 1.98. The van der Waals surface area contributed by atoms with Gasteiger partial charge in [0.15, 0.2) is 0 Å². The molecule has 0 bridgehead atoms. The Balaban J connectivity index is 2.29. The molecule has 3 unspecified atom stereocenters. The van der Waals surface area contributed by atoms with E-state index in [2.05, 4.69) is 35.6 Å². The summed E-state index contributed by atoms with van der Waals surface area (Å²) in [5, 5.41) is 0. The number of aromatic nitrogens is 2. The lowest BCUT2D eigenvalue weighted by atomic mass is 9.86. The maximum Gasteiger partial charge on any atom is 0.226 e. The number of nitrogens with zero attached hydrogens (tertiary/aromatic N) is 3. The van der Waals surface area contributed by atoms with Crippen LogP contribution in [0.5, 0.6) is 0 Å². The van der Waals surface area contributed by atoms with Crippen LogP contribution in [0.15, 0.2) is 12.3 Å². The average Bonchev–Trinajstić information content (AvgIpc) is 2.34. The molecule has 5 heteroatoms. The highest BCUT2D eigenvalue weighted by Crippen LogP contribution is 2.29. The minimum atomic E-state index is 0.324. The first-order valence-electron chi connectivity index (χ1n) is 6.38. The van der Waals surface area contributed by atoms with Gasteiger partial charge in [-0.2, -0.15) is 0 Å². The highest BCUT2D eigenvalue weighted by Gasteiger charge is 2.30. The molecule has 18 heavy (non-hydrogen) atoms. The van der Waals surface area contributed by atoms with Crippen LogP contribution in [0.3, 0.4) is 0 Å². The molecule has 1 aromatic heterocycles. The van der Waals surface area contributed by atoms with Gasteiger partial charge in [0.25, 0.3) is 0 Å². The maximum atomic E-state index is 5.62. The van der Waals surface area contributed by atoms with Crippen LogP contribution in [0.1, 0.15) is 32.9 Å². The number of hydrogen-bond acceptors (Lipinski definition) is 4. The Morgan fingerprint density at radius 2 is 2.17 bits per heavy atom. The van der Waals surface area contributed by atoms with Crippen LogP contribution in [0.2, 0.25) is 0 Å². The van der Waals surface area contributed by atoms with Crippen molar-refractivity contribution < 1.29 is 0 Å². The molecule has 1 aromatic rings. The van der Waals surface area contributed by atoms with Crippen LogP contribution in [0.4, 0.5) is 5.95 Å². The second kappa shape index (κ2) is 5.18. The average molecular weight is 264 g/mol. The van der Waals surface area contributed by atoms with Gasteiger partial charge in [-0.1, -0.05) is 26.1 Å². The Bertz CT molecular complexity index is 448. The fraction of sp³-hybridized carbons (Fsp3) is 0.615. The van der Waals surface area contributed by atoms with Crippen molar-refractivity contribution in [1.82, 2.24) is 9.97 Å². The molecule has 4 nitrogen and oxygen atoms in total. The summed E-state index contributed by atoms with van der Waals surface area (Å²) in [6.07, 6.45) is 2.99. The summed E-state index contributed by atoms with van der Waals surface area (Å²) < 4.78 is 0. The third-order valence-corrected chi connectivity index (χ3v) is 3.96. The number of nitrogens with two attached hydrogens (primary N) is 1. The van der Waals surface area contributed by atoms with Crippen LogP contribution in [-0.2, 0) is 0 Å². The van der Waals surface area contributed by atoms with Gasteiger partial charge in [0.1, 0.15) is 10.7 Å². The van der Waals surface area contributed by atoms with Crippen LogP contribution in [0, 0.1) is 11.8 Å². The second-order valence-corrected chi connectivity index (χ2v) is 5.76. The van der Waals surface area contributed by atoms with Crippen molar-refractivity contribution in [2.24, 2.45) is 17.6 Å². The molecule has 0 saturated carbocycles. The zero-order valence-electron chi connectivity index (χ0n) is 11.1. The summed E-state index contributed by atoms with van der Waals surface area (Å²) >= 11 is 4.97. The van der Waals surface area contributed by atoms with Crippen LogP contribution in [-0.4, -0.2) is 27.5 Å². The van der Waals surface area contributed by atoms with Gasteiger partial charge < -0.3 is 10.6 Å². The van der Waals surface area contributed by atoms with Gasteiger partial charge in [-0.3, -0.25) is 0 Å². The zero-order chi connectivity index (χ0) is 13.3. The van der Waals surface area contributed by atoms with E-state index in [0.29, 0.717) is 28.6 Å². The first kappa shape index (κ1) is 13.2. The Morgan fingerprint density at radius 1 is 1.44 bits per heavy atom. The van der Waals surface area contributed by atoms with Crippen molar-refractivity contribution in [3.05, 3.63) is 18.0 Å². The summed E-state index contributed by atoms with van der Waals surface area (Å²) in [7, 11) is 0. The lowest BCUT2D eigenvalue weighted by Gasteiger charge is -2.41. The molecular formula is C13H20N4S. The van der Waals surface area contributed by atoms with E-state index in [1.165, 1.54) is 6.42 Å². The third-order valence-electron chi connectivity index (χ3n) is 3.75. The molecular weight excluding hydrogens is 244 g/mol. The quantitative estimate of drug-likeness (QED) is 0.828. The molecule has 2 heterocycles. The number of rotatable bonds is 2. The molecule has 2 rings (SSSR count). The number of thiocarbonyl (C=S) groups is 1. The summed E-state index contributed by atoms with van der Waals surface area (Å²) in [6.45, 7) is 7.77. The molecule has 0 aliphatic carbocycles. The van der Waals surface area contributed by atoms with Gasteiger partial charge >= 0.3 is 0 Å². The van der Waals surface area contributed by atoms with E-state index in [4.69, 9.17) is 18.0 Å². The summed E-state index contributed by atoms with van der Waals surface area (Å²) in [5.41, 5.74) is 6.27. The highest BCUT2D eigenvalue weighted by molar-refractivity contribution is 7.80. The molecule has 1 fully saturated rings. The molecule has 1 saturated heterocycles. The Labute approximate surface area is 114 Å². The van der Waals surface area contributed by atoms with Gasteiger partial charge in [-0.25, -0.2) is 9.97 Å². The van der Waals surface area contributed by atoms with E-state index >= 15 is 0 Å². The fourth-order valence-electron chi connectivity index (χ4n) is 2.60. The van der Waals surface area contributed by atoms with Crippen molar-refractivity contribution in [1.29, 1.82) is 0 Å². The van der Waals surface area contributed by atoms with E-state index in [1.807, 2.05) is 0 Å². The summed E-state index contributed by atoms with van der Waals surface area (Å²) in [6, 6.07) is 2.20. The monoisotopic (exact) mass is 264 g/mol. The van der Waals surface area contributed by atoms with Crippen LogP contribution < -0.4 is 10.6 Å². The zero-order valence-corrected chi connectivity index (χ0v) is 11.9. The molecule has 1 aliphatic heterocycles. The third kappa shape index (κ3) is 2.61. The summed E-state index contributed by atoms with van der Waals surface area (Å²) in [4.78, 5) is 11.4. The smallest absolute Gasteiger partial charge is 0.226 e. The van der Waals surface area contributed by atoms with Gasteiger partial charge in [-0.05, 0) is 31.2 Å². The van der Waals surface area contributed by atoms with Gasteiger partial charge in [0, 0.05) is 18.8 Å². The first-order valence-corrected chi connectivity index (χ1v) is 6.79. The van der Waals surface area contributed by atoms with Crippen molar-refractivity contribution in [2.45, 2.75) is 33.2 Å². The van der Waals surface area contributed by atoms with E-state index in [0.717, 1.165) is 12.5 Å². The number of anilines is 1. The second-order valence-electron chi connectivity index (χ2n) is 5.32. The van der Waals surface area contributed by atoms with Crippen molar-refractivity contribution >= 4 is 23.2 Å². The molecule has 2 N–H and O–H groups in total. The minimum Gasteiger partial charge on any atom is -0.388 e. The maximum absolute atomic E-state index is 5.62. The predicted molar refractivity (Wildman–Crippen MR) is 77.7 cm³/mol. The van der Waals surface area contributed by atoms with Crippen LogP contribution in [0.25, 0.3) is 0 Å². The Hall–Kier alpha value is -1.23. The highest BCUT2D eigenvalue weighted by atomic mass is 32.1. The van der Waals surface area contributed by atoms with Crippen molar-refractivity contribution in [2.75, 3.05) is 11.4 Å². The standard InChI is InChI=1S/C13H20N4S/c1-8-6-9(2)10(3)17(7-8)13-15-5-4-11(16-13)12(14)18/h4-5,8-10H,6-7H2,1-3H3,(H2,14,18). The molecule has 0 amide bonds. The van der Waals surface area contributed by atoms with E-state index in [-0.39, 0.29) is 0 Å². The van der Waals surface area contributed by atoms with E-state index in [9.17, 15) is 0 Å². The molecule has 1 aliphatic rings. The fourth-order valence-corrected chi connectivity index (χ4v) is 2.72. The first-order chi connectivity index (χ1) is 8.49. The topological polar surface area (TPSA) is 55.0 Å². The molecule has 3 atom stereocenters. The van der Waals surface area contributed by atoms with Crippen molar-refractivity contribution in [3.8, 4) is 0 Å². The summed E-state index contributed by atoms with van der Waals surface area (Å²) in [5.74, 6) is 2.05. The molecule has 0 spiro atoms. The largest absolute Gasteiger partial charge is 0.388 e.